The van der Waals surface area contributed by atoms with Crippen LogP contribution in [0, 0.1) is 11.7 Å². The molecule has 0 heterocycles. The first kappa shape index (κ1) is 12.8. The molecule has 18 heavy (non-hydrogen) atoms. The topological polar surface area (TPSA) is 58.4 Å². The fourth-order valence-corrected chi connectivity index (χ4v) is 2.16. The fraction of sp³-hybridized carbons (Fsp3) is 0.462. The zero-order chi connectivity index (χ0) is 13.1. The van der Waals surface area contributed by atoms with Crippen LogP contribution in [-0.4, -0.2) is 30.6 Å². The third-order valence-electron chi connectivity index (χ3n) is 3.25. The Labute approximate surface area is 106 Å². The SMILES string of the molecule is CN(CC1CC(N)C1)C(=O)Nc1ccc(F)cc1. The molecular formula is C13H18FN3O. The summed E-state index contributed by atoms with van der Waals surface area (Å²) >= 11 is 0. The number of hydrogen-bond acceptors (Lipinski definition) is 2. The van der Waals surface area contributed by atoms with Gasteiger partial charge in [-0.3, -0.25) is 0 Å². The number of nitrogens with zero attached hydrogens (tertiary/aromatic N) is 1. The maximum atomic E-state index is 12.7. The van der Waals surface area contributed by atoms with Crippen molar-refractivity contribution in [3.05, 3.63) is 30.1 Å². The van der Waals surface area contributed by atoms with Gasteiger partial charge in [0, 0.05) is 25.3 Å². The highest BCUT2D eigenvalue weighted by atomic mass is 19.1. The van der Waals surface area contributed by atoms with E-state index < -0.39 is 0 Å². The van der Waals surface area contributed by atoms with Gasteiger partial charge in [-0.2, -0.15) is 0 Å². The molecule has 0 aromatic heterocycles. The van der Waals surface area contributed by atoms with Gasteiger partial charge >= 0.3 is 6.03 Å². The number of halogens is 1. The van der Waals surface area contributed by atoms with E-state index in [1.54, 1.807) is 24.1 Å². The molecular weight excluding hydrogens is 233 g/mol. The molecule has 2 rings (SSSR count). The van der Waals surface area contributed by atoms with Crippen molar-refractivity contribution in [1.82, 2.24) is 4.90 Å². The summed E-state index contributed by atoms with van der Waals surface area (Å²) in [6.45, 7) is 0.709. The van der Waals surface area contributed by atoms with E-state index in [0.29, 0.717) is 24.2 Å². The van der Waals surface area contributed by atoms with Crippen LogP contribution in [0.1, 0.15) is 12.8 Å². The van der Waals surface area contributed by atoms with Crippen LogP contribution >= 0.6 is 0 Å². The first-order chi connectivity index (χ1) is 8.54. The second-order valence-electron chi connectivity index (χ2n) is 4.92. The monoisotopic (exact) mass is 251 g/mol. The van der Waals surface area contributed by atoms with E-state index in [1.165, 1.54) is 12.1 Å². The van der Waals surface area contributed by atoms with Gasteiger partial charge < -0.3 is 16.0 Å². The lowest BCUT2D eigenvalue weighted by Gasteiger charge is -2.35. The standard InChI is InChI=1S/C13H18FN3O/c1-17(8-9-6-11(15)7-9)13(18)16-12-4-2-10(14)3-5-12/h2-5,9,11H,6-8,15H2,1H3,(H,16,18). The number of carbonyl (C=O) groups is 1. The predicted octanol–water partition coefficient (Wildman–Crippen LogP) is 2.03. The third kappa shape index (κ3) is 3.20. The smallest absolute Gasteiger partial charge is 0.321 e. The fourth-order valence-electron chi connectivity index (χ4n) is 2.16. The molecule has 1 aromatic carbocycles. The number of amides is 2. The number of anilines is 1. The van der Waals surface area contributed by atoms with Crippen LogP contribution in [0.2, 0.25) is 0 Å². The molecule has 0 spiro atoms. The lowest BCUT2D eigenvalue weighted by Crippen LogP contribution is -2.44. The van der Waals surface area contributed by atoms with E-state index in [0.717, 1.165) is 12.8 Å². The van der Waals surface area contributed by atoms with E-state index in [4.69, 9.17) is 5.73 Å². The minimum absolute atomic E-state index is 0.179. The summed E-state index contributed by atoms with van der Waals surface area (Å²) in [7, 11) is 1.75. The van der Waals surface area contributed by atoms with Crippen LogP contribution in [0.25, 0.3) is 0 Å². The molecule has 1 aliphatic rings. The Morgan fingerprint density at radius 3 is 2.61 bits per heavy atom. The molecule has 1 aliphatic carbocycles. The Kier molecular flexibility index (Phi) is 3.81. The van der Waals surface area contributed by atoms with Crippen molar-refractivity contribution in [2.45, 2.75) is 18.9 Å². The van der Waals surface area contributed by atoms with Crippen molar-refractivity contribution in [2.75, 3.05) is 18.9 Å². The molecule has 0 bridgehead atoms. The van der Waals surface area contributed by atoms with Gasteiger partial charge in [0.25, 0.3) is 0 Å². The molecule has 1 saturated carbocycles. The van der Waals surface area contributed by atoms with Crippen molar-refractivity contribution in [2.24, 2.45) is 11.7 Å². The second kappa shape index (κ2) is 5.35. The third-order valence-corrected chi connectivity index (χ3v) is 3.25. The molecule has 0 atom stereocenters. The average Bonchev–Trinajstić information content (AvgIpc) is 2.30. The van der Waals surface area contributed by atoms with Crippen molar-refractivity contribution >= 4 is 11.7 Å². The Morgan fingerprint density at radius 1 is 1.44 bits per heavy atom. The highest BCUT2D eigenvalue weighted by molar-refractivity contribution is 5.89. The molecule has 0 saturated heterocycles. The molecule has 2 amide bonds. The molecule has 5 heteroatoms. The van der Waals surface area contributed by atoms with Crippen molar-refractivity contribution < 1.29 is 9.18 Å². The van der Waals surface area contributed by atoms with Gasteiger partial charge in [-0.25, -0.2) is 9.18 Å². The first-order valence-electron chi connectivity index (χ1n) is 6.08. The lowest BCUT2D eigenvalue weighted by molar-refractivity contribution is 0.181. The first-order valence-corrected chi connectivity index (χ1v) is 6.08. The van der Waals surface area contributed by atoms with Gasteiger partial charge in [-0.15, -0.1) is 0 Å². The molecule has 4 nitrogen and oxygen atoms in total. The molecule has 0 radical (unpaired) electrons. The molecule has 3 N–H and O–H groups in total. The van der Waals surface area contributed by atoms with Crippen LogP contribution in [0.15, 0.2) is 24.3 Å². The van der Waals surface area contributed by atoms with E-state index in [1.807, 2.05) is 0 Å². The summed E-state index contributed by atoms with van der Waals surface area (Å²) < 4.78 is 12.7. The zero-order valence-electron chi connectivity index (χ0n) is 10.4. The van der Waals surface area contributed by atoms with E-state index in [9.17, 15) is 9.18 Å². The highest BCUT2D eigenvalue weighted by Gasteiger charge is 2.27. The summed E-state index contributed by atoms with van der Waals surface area (Å²) in [5.74, 6) is 0.189. The number of nitrogens with one attached hydrogen (secondary N) is 1. The molecule has 1 aromatic rings. The number of urea groups is 1. The minimum atomic E-state index is -0.315. The van der Waals surface area contributed by atoms with Crippen LogP contribution in [0.4, 0.5) is 14.9 Å². The quantitative estimate of drug-likeness (QED) is 0.863. The Hall–Kier alpha value is -1.62. The van der Waals surface area contributed by atoms with Gasteiger partial charge in [-0.05, 0) is 43.0 Å². The van der Waals surface area contributed by atoms with Crippen LogP contribution < -0.4 is 11.1 Å². The van der Waals surface area contributed by atoms with Gasteiger partial charge in [-0.1, -0.05) is 0 Å². The minimum Gasteiger partial charge on any atom is -0.328 e. The van der Waals surface area contributed by atoms with E-state index >= 15 is 0 Å². The maximum absolute atomic E-state index is 12.7. The largest absolute Gasteiger partial charge is 0.328 e. The Morgan fingerprint density at radius 2 is 2.06 bits per heavy atom. The molecule has 0 aliphatic heterocycles. The number of benzene rings is 1. The van der Waals surface area contributed by atoms with Gasteiger partial charge in [0.15, 0.2) is 0 Å². The Bertz CT molecular complexity index is 415. The van der Waals surface area contributed by atoms with Gasteiger partial charge in [0.2, 0.25) is 0 Å². The van der Waals surface area contributed by atoms with Crippen LogP contribution in [0.5, 0.6) is 0 Å². The molecule has 98 valence electrons. The highest BCUT2D eigenvalue weighted by Crippen LogP contribution is 2.26. The van der Waals surface area contributed by atoms with Crippen LogP contribution in [0.3, 0.4) is 0 Å². The predicted molar refractivity (Wildman–Crippen MR) is 68.7 cm³/mol. The lowest BCUT2D eigenvalue weighted by atomic mass is 9.81. The summed E-state index contributed by atoms with van der Waals surface area (Å²) in [6, 6.07) is 5.84. The van der Waals surface area contributed by atoms with Crippen LogP contribution in [-0.2, 0) is 0 Å². The number of carbonyl (C=O) groups excluding carboxylic acids is 1. The average molecular weight is 251 g/mol. The summed E-state index contributed by atoms with van der Waals surface area (Å²) in [4.78, 5) is 13.5. The summed E-state index contributed by atoms with van der Waals surface area (Å²) in [5.41, 5.74) is 6.30. The number of hydrogen-bond donors (Lipinski definition) is 2. The van der Waals surface area contributed by atoms with Crippen molar-refractivity contribution in [3.63, 3.8) is 0 Å². The number of rotatable bonds is 3. The van der Waals surface area contributed by atoms with Gasteiger partial charge in [0.1, 0.15) is 5.82 Å². The van der Waals surface area contributed by atoms with Crippen molar-refractivity contribution in [1.29, 1.82) is 0 Å². The molecule has 0 unspecified atom stereocenters. The maximum Gasteiger partial charge on any atom is 0.321 e. The van der Waals surface area contributed by atoms with Crippen molar-refractivity contribution in [3.8, 4) is 0 Å². The second-order valence-corrected chi connectivity index (χ2v) is 4.92. The zero-order valence-corrected chi connectivity index (χ0v) is 10.4. The Balaban J connectivity index is 1.81. The number of nitrogens with two attached hydrogens (primary N) is 1. The van der Waals surface area contributed by atoms with Gasteiger partial charge in [0.05, 0.1) is 0 Å². The van der Waals surface area contributed by atoms with E-state index in [-0.39, 0.29) is 11.8 Å². The molecule has 1 fully saturated rings. The summed E-state index contributed by atoms with van der Waals surface area (Å²) in [5, 5.41) is 2.72. The normalized spacial score (nSPS) is 22.2. The summed E-state index contributed by atoms with van der Waals surface area (Å²) in [6.07, 6.45) is 1.96. The van der Waals surface area contributed by atoms with E-state index in [2.05, 4.69) is 5.32 Å².